The maximum atomic E-state index is 12.3. The number of nitro groups is 1. The van der Waals surface area contributed by atoms with Gasteiger partial charge in [-0.2, -0.15) is 0 Å². The van der Waals surface area contributed by atoms with Crippen molar-refractivity contribution in [3.8, 4) is 11.5 Å². The Hall–Kier alpha value is -2.65. The third-order valence-electron chi connectivity index (χ3n) is 3.27. The van der Waals surface area contributed by atoms with Crippen LogP contribution in [0.4, 0.5) is 5.69 Å². The summed E-state index contributed by atoms with van der Waals surface area (Å²) in [6.45, 7) is -0.0646. The molecule has 1 atom stereocenters. The van der Waals surface area contributed by atoms with Gasteiger partial charge in [0.25, 0.3) is 11.6 Å². The van der Waals surface area contributed by atoms with Crippen LogP contribution >= 0.6 is 11.3 Å². The molecule has 24 heavy (non-hydrogen) atoms. The third kappa shape index (κ3) is 3.81. The molecule has 2 aromatic rings. The molecule has 2 N–H and O–H groups in total. The van der Waals surface area contributed by atoms with Crippen LogP contribution in [-0.2, 0) is 0 Å². The number of aliphatic hydroxyl groups excluding tert-OH is 1. The summed E-state index contributed by atoms with van der Waals surface area (Å²) >= 11 is 1.35. The van der Waals surface area contributed by atoms with Gasteiger partial charge in [0.05, 0.1) is 25.2 Å². The lowest BCUT2D eigenvalue weighted by Crippen LogP contribution is -2.28. The van der Waals surface area contributed by atoms with E-state index in [-0.39, 0.29) is 23.6 Å². The maximum Gasteiger partial charge on any atom is 0.286 e. The first-order valence-corrected chi connectivity index (χ1v) is 7.76. The SMILES string of the molecule is COc1cc(C(=O)NCC(O)c2cccs2)c([N+](=O)[O-])cc1OC. The van der Waals surface area contributed by atoms with E-state index >= 15 is 0 Å². The van der Waals surface area contributed by atoms with Gasteiger partial charge in [-0.15, -0.1) is 11.3 Å². The van der Waals surface area contributed by atoms with Crippen LogP contribution in [-0.4, -0.2) is 36.7 Å². The second kappa shape index (κ2) is 7.75. The van der Waals surface area contributed by atoms with Gasteiger partial charge in [0.2, 0.25) is 0 Å². The smallest absolute Gasteiger partial charge is 0.286 e. The zero-order valence-electron chi connectivity index (χ0n) is 13.0. The Bertz CT molecular complexity index is 732. The normalized spacial score (nSPS) is 11.6. The van der Waals surface area contributed by atoms with Gasteiger partial charge in [0, 0.05) is 17.5 Å². The second-order valence-electron chi connectivity index (χ2n) is 4.72. The molecule has 2 rings (SSSR count). The molecule has 0 spiro atoms. The molecule has 0 saturated heterocycles. The molecule has 0 aliphatic carbocycles. The first kappa shape index (κ1) is 17.7. The summed E-state index contributed by atoms with van der Waals surface area (Å²) in [6.07, 6.45) is -0.881. The van der Waals surface area contributed by atoms with E-state index in [1.807, 2.05) is 0 Å². The second-order valence-corrected chi connectivity index (χ2v) is 5.70. The van der Waals surface area contributed by atoms with Crippen molar-refractivity contribution in [3.63, 3.8) is 0 Å². The van der Waals surface area contributed by atoms with Gasteiger partial charge < -0.3 is 19.9 Å². The van der Waals surface area contributed by atoms with Crippen LogP contribution in [0, 0.1) is 10.1 Å². The molecule has 8 nitrogen and oxygen atoms in total. The van der Waals surface area contributed by atoms with E-state index in [2.05, 4.69) is 5.32 Å². The highest BCUT2D eigenvalue weighted by molar-refractivity contribution is 7.10. The topological polar surface area (TPSA) is 111 Å². The van der Waals surface area contributed by atoms with Crippen molar-refractivity contribution >= 4 is 22.9 Å². The van der Waals surface area contributed by atoms with Gasteiger partial charge in [-0.25, -0.2) is 0 Å². The Morgan fingerprint density at radius 1 is 1.38 bits per heavy atom. The number of aliphatic hydroxyl groups is 1. The minimum atomic E-state index is -0.881. The number of nitrogens with zero attached hydrogens (tertiary/aromatic N) is 1. The largest absolute Gasteiger partial charge is 0.493 e. The fourth-order valence-corrected chi connectivity index (χ4v) is 2.78. The number of nitro benzene ring substituents is 1. The number of ether oxygens (including phenoxy) is 2. The highest BCUT2D eigenvalue weighted by Gasteiger charge is 2.25. The lowest BCUT2D eigenvalue weighted by Gasteiger charge is -2.12. The van der Waals surface area contributed by atoms with E-state index in [4.69, 9.17) is 9.47 Å². The number of hydrogen-bond donors (Lipinski definition) is 2. The highest BCUT2D eigenvalue weighted by atomic mass is 32.1. The molecule has 1 aromatic carbocycles. The minimum absolute atomic E-state index is 0.0646. The Labute approximate surface area is 141 Å². The highest BCUT2D eigenvalue weighted by Crippen LogP contribution is 2.34. The van der Waals surface area contributed by atoms with Crippen molar-refractivity contribution < 1.29 is 24.3 Å². The molecule has 0 radical (unpaired) electrons. The van der Waals surface area contributed by atoms with Crippen LogP contribution in [0.3, 0.4) is 0 Å². The van der Waals surface area contributed by atoms with Crippen LogP contribution in [0.15, 0.2) is 29.6 Å². The lowest BCUT2D eigenvalue weighted by atomic mass is 10.1. The van der Waals surface area contributed by atoms with Gasteiger partial charge in [-0.05, 0) is 11.4 Å². The van der Waals surface area contributed by atoms with E-state index in [0.717, 1.165) is 6.07 Å². The molecule has 0 aliphatic rings. The van der Waals surface area contributed by atoms with Gasteiger partial charge in [0.15, 0.2) is 11.5 Å². The number of methoxy groups -OCH3 is 2. The summed E-state index contributed by atoms with van der Waals surface area (Å²) in [4.78, 5) is 23.5. The number of nitrogens with one attached hydrogen (secondary N) is 1. The van der Waals surface area contributed by atoms with Gasteiger partial charge in [-0.1, -0.05) is 6.07 Å². The number of hydrogen-bond acceptors (Lipinski definition) is 7. The first-order valence-electron chi connectivity index (χ1n) is 6.88. The molecule has 0 saturated carbocycles. The van der Waals surface area contributed by atoms with Gasteiger partial charge in [-0.3, -0.25) is 14.9 Å². The molecule has 1 amide bonds. The predicted molar refractivity (Wildman–Crippen MR) is 87.8 cm³/mol. The number of carbonyl (C=O) groups is 1. The van der Waals surface area contributed by atoms with Crippen molar-refractivity contribution in [2.45, 2.75) is 6.10 Å². The number of amides is 1. The summed E-state index contributed by atoms with van der Waals surface area (Å²) in [6, 6.07) is 5.89. The molecular formula is C15H16N2O6S. The first-order chi connectivity index (χ1) is 11.5. The van der Waals surface area contributed by atoms with E-state index < -0.39 is 22.6 Å². The summed E-state index contributed by atoms with van der Waals surface area (Å²) in [7, 11) is 2.71. The average Bonchev–Trinajstić information content (AvgIpc) is 3.12. The molecule has 1 aromatic heterocycles. The molecule has 9 heteroatoms. The van der Waals surface area contributed by atoms with Gasteiger partial charge >= 0.3 is 0 Å². The Kier molecular flexibility index (Phi) is 5.72. The summed E-state index contributed by atoms with van der Waals surface area (Å²) in [5.41, 5.74) is -0.577. The lowest BCUT2D eigenvalue weighted by molar-refractivity contribution is -0.385. The van der Waals surface area contributed by atoms with Gasteiger partial charge in [0.1, 0.15) is 11.7 Å². The van der Waals surface area contributed by atoms with Crippen LogP contribution in [0.2, 0.25) is 0 Å². The molecule has 0 bridgehead atoms. The van der Waals surface area contributed by atoms with Crippen molar-refractivity contribution in [2.24, 2.45) is 0 Å². The predicted octanol–water partition coefficient (Wildman–Crippen LogP) is 2.14. The maximum absolute atomic E-state index is 12.3. The molecule has 1 unspecified atom stereocenters. The van der Waals surface area contributed by atoms with Crippen LogP contribution in [0.25, 0.3) is 0 Å². The molecule has 1 heterocycles. The van der Waals surface area contributed by atoms with E-state index in [1.54, 1.807) is 17.5 Å². The standard InChI is InChI=1S/C15H16N2O6S/c1-22-12-6-9(10(17(20)21)7-13(12)23-2)15(19)16-8-11(18)14-4-3-5-24-14/h3-7,11,18H,8H2,1-2H3,(H,16,19). The van der Waals surface area contributed by atoms with E-state index in [9.17, 15) is 20.0 Å². The molecule has 0 fully saturated rings. The van der Waals surface area contributed by atoms with Crippen LogP contribution in [0.5, 0.6) is 11.5 Å². The fourth-order valence-electron chi connectivity index (χ4n) is 2.07. The summed E-state index contributed by atoms with van der Waals surface area (Å²) in [5.74, 6) is -0.329. The molecular weight excluding hydrogens is 336 g/mol. The number of rotatable bonds is 7. The zero-order valence-corrected chi connectivity index (χ0v) is 13.8. The van der Waals surface area contributed by atoms with Crippen molar-refractivity contribution in [2.75, 3.05) is 20.8 Å². The molecule has 128 valence electrons. The van der Waals surface area contributed by atoms with Crippen molar-refractivity contribution in [1.82, 2.24) is 5.32 Å². The van der Waals surface area contributed by atoms with Crippen LogP contribution in [0.1, 0.15) is 21.3 Å². The quantitative estimate of drug-likeness (QED) is 0.583. The van der Waals surface area contributed by atoms with Crippen molar-refractivity contribution in [1.29, 1.82) is 0 Å². The summed E-state index contributed by atoms with van der Waals surface area (Å²) in [5, 5.41) is 25.5. The van der Waals surface area contributed by atoms with E-state index in [1.165, 1.54) is 31.6 Å². The molecule has 0 aliphatic heterocycles. The fraction of sp³-hybridized carbons (Fsp3) is 0.267. The minimum Gasteiger partial charge on any atom is -0.493 e. The monoisotopic (exact) mass is 352 g/mol. The van der Waals surface area contributed by atoms with Crippen LogP contribution < -0.4 is 14.8 Å². The number of thiophene rings is 1. The average molecular weight is 352 g/mol. The summed E-state index contributed by atoms with van der Waals surface area (Å²) < 4.78 is 10.1. The number of carbonyl (C=O) groups excluding carboxylic acids is 1. The zero-order chi connectivity index (χ0) is 17.7. The Morgan fingerprint density at radius 3 is 2.58 bits per heavy atom. The van der Waals surface area contributed by atoms with E-state index in [0.29, 0.717) is 4.88 Å². The Morgan fingerprint density at radius 2 is 2.04 bits per heavy atom. The number of benzene rings is 1. The Balaban J connectivity index is 2.22. The third-order valence-corrected chi connectivity index (χ3v) is 4.24. The van der Waals surface area contributed by atoms with Crippen molar-refractivity contribution in [3.05, 3.63) is 50.2 Å².